The number of likely N-dealkylation sites (tertiary alicyclic amines) is 1. The Bertz CT molecular complexity index is 864. The quantitative estimate of drug-likeness (QED) is 0.744. The summed E-state index contributed by atoms with van der Waals surface area (Å²) >= 11 is 0. The van der Waals surface area contributed by atoms with E-state index in [1.54, 1.807) is 6.07 Å². The summed E-state index contributed by atoms with van der Waals surface area (Å²) in [7, 11) is 0. The molecule has 2 aromatic carbocycles. The Morgan fingerprint density at radius 2 is 1.72 bits per heavy atom. The first-order chi connectivity index (χ1) is 13.7. The molecule has 0 spiro atoms. The van der Waals surface area contributed by atoms with Gasteiger partial charge in [0, 0.05) is 19.6 Å². The van der Waals surface area contributed by atoms with Crippen molar-refractivity contribution in [2.75, 3.05) is 19.6 Å². The van der Waals surface area contributed by atoms with Gasteiger partial charge >= 0.3 is 6.18 Å². The molecule has 2 nitrogen and oxygen atoms in total. The monoisotopic (exact) mass is 403 g/mol. The third-order valence-corrected chi connectivity index (χ3v) is 6.81. The summed E-state index contributed by atoms with van der Waals surface area (Å²) < 4.78 is 39.0. The van der Waals surface area contributed by atoms with Gasteiger partial charge in [-0.3, -0.25) is 0 Å². The van der Waals surface area contributed by atoms with Crippen LogP contribution in [0, 0.1) is 18.8 Å². The molecule has 4 rings (SSSR count). The molecule has 2 fully saturated rings. The molecule has 1 saturated carbocycles. The summed E-state index contributed by atoms with van der Waals surface area (Å²) in [6.45, 7) is 6.60. The van der Waals surface area contributed by atoms with Crippen LogP contribution in [0.15, 0.2) is 48.5 Å². The lowest BCUT2D eigenvalue weighted by molar-refractivity contribution is -0.137. The fourth-order valence-corrected chi connectivity index (χ4v) is 5.43. The van der Waals surface area contributed by atoms with E-state index in [4.69, 9.17) is 0 Å². The Labute approximate surface area is 170 Å². The molecule has 29 heavy (non-hydrogen) atoms. The number of hydrogen-bond acceptors (Lipinski definition) is 2. The van der Waals surface area contributed by atoms with E-state index in [1.165, 1.54) is 12.1 Å². The number of fused-ring (bicyclic) bond motifs is 1. The fourth-order valence-electron chi connectivity index (χ4n) is 5.43. The molecule has 156 valence electrons. The van der Waals surface area contributed by atoms with E-state index in [9.17, 15) is 18.3 Å². The highest BCUT2D eigenvalue weighted by molar-refractivity contribution is 5.33. The third-order valence-electron chi connectivity index (χ3n) is 6.81. The molecule has 2 aliphatic rings. The summed E-state index contributed by atoms with van der Waals surface area (Å²) in [6.07, 6.45) is -2.78. The van der Waals surface area contributed by atoms with Crippen LogP contribution in [-0.2, 0) is 11.8 Å². The number of aryl methyl sites for hydroxylation is 1. The van der Waals surface area contributed by atoms with Crippen LogP contribution in [-0.4, -0.2) is 29.6 Å². The molecule has 0 radical (unpaired) electrons. The van der Waals surface area contributed by atoms with E-state index in [0.717, 1.165) is 55.2 Å². The van der Waals surface area contributed by atoms with Crippen LogP contribution in [0.2, 0.25) is 0 Å². The molecule has 2 aromatic rings. The number of hydrogen-bond donors (Lipinski definition) is 1. The molecular formula is C24H28F3NO. The zero-order valence-electron chi connectivity index (χ0n) is 16.9. The summed E-state index contributed by atoms with van der Waals surface area (Å²) in [5.74, 6) is 0.910. The molecule has 1 aliphatic heterocycles. The van der Waals surface area contributed by atoms with E-state index in [2.05, 4.69) is 4.90 Å². The molecule has 4 atom stereocenters. The minimum absolute atomic E-state index is 0.0337. The lowest BCUT2D eigenvalue weighted by atomic mass is 9.87. The summed E-state index contributed by atoms with van der Waals surface area (Å²) in [5, 5.41) is 11.3. The smallest absolute Gasteiger partial charge is 0.385 e. The predicted octanol–water partition coefficient (Wildman–Crippen LogP) is 5.35. The van der Waals surface area contributed by atoms with Gasteiger partial charge < -0.3 is 10.0 Å². The first-order valence-corrected chi connectivity index (χ1v) is 10.3. The first-order valence-electron chi connectivity index (χ1n) is 10.3. The molecule has 1 aliphatic carbocycles. The number of benzene rings is 2. The van der Waals surface area contributed by atoms with Gasteiger partial charge in [-0.2, -0.15) is 13.2 Å². The van der Waals surface area contributed by atoms with Crippen LogP contribution in [0.4, 0.5) is 13.2 Å². The highest BCUT2D eigenvalue weighted by Gasteiger charge is 2.49. The zero-order chi connectivity index (χ0) is 20.8. The van der Waals surface area contributed by atoms with Gasteiger partial charge in [0.1, 0.15) is 0 Å². The van der Waals surface area contributed by atoms with Gasteiger partial charge in [0.05, 0.1) is 11.2 Å². The van der Waals surface area contributed by atoms with Crippen molar-refractivity contribution < 1.29 is 18.3 Å². The predicted molar refractivity (Wildman–Crippen MR) is 108 cm³/mol. The Morgan fingerprint density at radius 1 is 1.07 bits per heavy atom. The van der Waals surface area contributed by atoms with Crippen LogP contribution in [0.25, 0.3) is 0 Å². The Morgan fingerprint density at radius 3 is 2.34 bits per heavy atom. The standard InChI is InChI=1S/C24H28F3NO/c1-16-6-3-4-9-22(16)23(29)11-19-14-28(15-20(19)12-23)13-17(2)18-7-5-8-21(10-18)24(25,26)27/h3-10,17,19-20,29H,11-15H2,1-2H3/t17?,19-,20+,23-. The second kappa shape index (κ2) is 7.44. The molecule has 1 heterocycles. The van der Waals surface area contributed by atoms with Crippen LogP contribution in [0.1, 0.15) is 47.9 Å². The fraction of sp³-hybridized carbons (Fsp3) is 0.500. The minimum Gasteiger partial charge on any atom is -0.385 e. The van der Waals surface area contributed by atoms with Gasteiger partial charge in [-0.1, -0.05) is 49.4 Å². The maximum absolute atomic E-state index is 13.0. The van der Waals surface area contributed by atoms with Crippen molar-refractivity contribution in [2.24, 2.45) is 11.8 Å². The third kappa shape index (κ3) is 4.08. The molecule has 0 bridgehead atoms. The van der Waals surface area contributed by atoms with Gasteiger partial charge in [-0.25, -0.2) is 0 Å². The van der Waals surface area contributed by atoms with Gasteiger partial charge in [-0.15, -0.1) is 0 Å². The second-order valence-corrected chi connectivity index (χ2v) is 9.02. The average molecular weight is 403 g/mol. The van der Waals surface area contributed by atoms with Crippen molar-refractivity contribution in [2.45, 2.75) is 44.4 Å². The number of rotatable bonds is 4. The van der Waals surface area contributed by atoms with Crippen molar-refractivity contribution in [3.05, 3.63) is 70.8 Å². The van der Waals surface area contributed by atoms with Gasteiger partial charge in [0.25, 0.3) is 0 Å². The Balaban J connectivity index is 1.40. The van der Waals surface area contributed by atoms with Gasteiger partial charge in [-0.05, 0) is 60.3 Å². The molecular weight excluding hydrogens is 375 g/mol. The van der Waals surface area contributed by atoms with Crippen molar-refractivity contribution in [3.8, 4) is 0 Å². The Hall–Kier alpha value is -1.85. The van der Waals surface area contributed by atoms with Crippen LogP contribution in [0.5, 0.6) is 0 Å². The van der Waals surface area contributed by atoms with E-state index < -0.39 is 17.3 Å². The lowest BCUT2D eigenvalue weighted by Crippen LogP contribution is -2.30. The highest BCUT2D eigenvalue weighted by Crippen LogP contribution is 2.49. The molecule has 5 heteroatoms. The van der Waals surface area contributed by atoms with Crippen molar-refractivity contribution in [1.29, 1.82) is 0 Å². The molecule has 0 amide bonds. The molecule has 1 saturated heterocycles. The van der Waals surface area contributed by atoms with E-state index in [-0.39, 0.29) is 5.92 Å². The van der Waals surface area contributed by atoms with E-state index in [1.807, 2.05) is 38.1 Å². The highest BCUT2D eigenvalue weighted by atomic mass is 19.4. The molecule has 1 unspecified atom stereocenters. The SMILES string of the molecule is Cc1ccccc1[C@]1(O)C[C@H]2CN(CC(C)c3cccc(C(F)(F)F)c3)C[C@H]2C1. The van der Waals surface area contributed by atoms with Crippen LogP contribution >= 0.6 is 0 Å². The maximum atomic E-state index is 13.0. The van der Waals surface area contributed by atoms with E-state index in [0.29, 0.717) is 11.8 Å². The maximum Gasteiger partial charge on any atom is 0.416 e. The number of alkyl halides is 3. The first kappa shape index (κ1) is 20.4. The van der Waals surface area contributed by atoms with Gasteiger partial charge in [0.2, 0.25) is 0 Å². The number of aliphatic hydroxyl groups is 1. The summed E-state index contributed by atoms with van der Waals surface area (Å²) in [6, 6.07) is 13.7. The second-order valence-electron chi connectivity index (χ2n) is 9.02. The average Bonchev–Trinajstić information content (AvgIpc) is 3.16. The van der Waals surface area contributed by atoms with Crippen molar-refractivity contribution >= 4 is 0 Å². The topological polar surface area (TPSA) is 23.5 Å². The van der Waals surface area contributed by atoms with Crippen molar-refractivity contribution in [3.63, 3.8) is 0 Å². The lowest BCUT2D eigenvalue weighted by Gasteiger charge is -2.28. The normalized spacial score (nSPS) is 28.5. The van der Waals surface area contributed by atoms with Gasteiger partial charge in [0.15, 0.2) is 0 Å². The molecule has 1 N–H and O–H groups in total. The van der Waals surface area contributed by atoms with E-state index >= 15 is 0 Å². The van der Waals surface area contributed by atoms with Crippen LogP contribution in [0.3, 0.4) is 0 Å². The molecule has 0 aromatic heterocycles. The number of nitrogens with zero attached hydrogens (tertiary/aromatic N) is 1. The largest absolute Gasteiger partial charge is 0.416 e. The summed E-state index contributed by atoms with van der Waals surface area (Å²) in [4.78, 5) is 2.36. The number of halogens is 3. The van der Waals surface area contributed by atoms with Crippen molar-refractivity contribution in [1.82, 2.24) is 4.90 Å². The van der Waals surface area contributed by atoms with Crippen LogP contribution < -0.4 is 0 Å². The Kier molecular flexibility index (Phi) is 5.24. The summed E-state index contributed by atoms with van der Waals surface area (Å²) in [5.41, 5.74) is 1.57. The zero-order valence-corrected chi connectivity index (χ0v) is 16.9. The minimum atomic E-state index is -4.31.